The van der Waals surface area contributed by atoms with E-state index in [1.54, 1.807) is 7.11 Å². The number of ether oxygens (including phenoxy) is 1. The van der Waals surface area contributed by atoms with E-state index in [0.29, 0.717) is 12.0 Å². The molecule has 1 heterocycles. The Labute approximate surface area is 133 Å². The van der Waals surface area contributed by atoms with Crippen molar-refractivity contribution in [2.45, 2.75) is 31.7 Å². The molecule has 0 amide bonds. The first-order valence-corrected chi connectivity index (χ1v) is 8.28. The number of piperidine rings is 1. The van der Waals surface area contributed by atoms with Crippen molar-refractivity contribution < 1.29 is 4.74 Å². The van der Waals surface area contributed by atoms with Gasteiger partial charge in [-0.25, -0.2) is 0 Å². The highest BCUT2D eigenvalue weighted by Crippen LogP contribution is 2.33. The Balaban J connectivity index is 1.69. The fourth-order valence-corrected chi connectivity index (χ4v) is 3.57. The van der Waals surface area contributed by atoms with Crippen LogP contribution in [0.5, 0.6) is 5.75 Å². The normalized spacial score (nSPS) is 21.5. The van der Waals surface area contributed by atoms with Crippen molar-refractivity contribution in [1.29, 1.82) is 0 Å². The summed E-state index contributed by atoms with van der Waals surface area (Å²) in [5.74, 6) is 1.71. The molecule has 2 aromatic carbocycles. The molecule has 2 atom stereocenters. The molecule has 2 nitrogen and oxygen atoms in total. The van der Waals surface area contributed by atoms with E-state index in [4.69, 9.17) is 4.74 Å². The highest BCUT2D eigenvalue weighted by Gasteiger charge is 2.25. The third-order valence-corrected chi connectivity index (χ3v) is 4.72. The minimum absolute atomic E-state index is 0.490. The van der Waals surface area contributed by atoms with Crippen LogP contribution in [-0.4, -0.2) is 13.7 Å². The second kappa shape index (κ2) is 7.46. The Hall–Kier alpha value is -1.80. The van der Waals surface area contributed by atoms with Gasteiger partial charge in [0, 0.05) is 6.04 Å². The van der Waals surface area contributed by atoms with Crippen LogP contribution in [0.1, 0.15) is 36.4 Å². The lowest BCUT2D eigenvalue weighted by Gasteiger charge is -2.33. The molecule has 1 aliphatic rings. The molecule has 1 N–H and O–H groups in total. The van der Waals surface area contributed by atoms with Crippen molar-refractivity contribution in [3.05, 3.63) is 65.7 Å². The van der Waals surface area contributed by atoms with Crippen molar-refractivity contribution in [3.63, 3.8) is 0 Å². The maximum absolute atomic E-state index is 5.48. The number of hydrogen-bond acceptors (Lipinski definition) is 2. The minimum atomic E-state index is 0.490. The average Bonchev–Trinajstić information content (AvgIpc) is 2.61. The van der Waals surface area contributed by atoms with Gasteiger partial charge in [0.2, 0.25) is 0 Å². The summed E-state index contributed by atoms with van der Waals surface area (Å²) in [4.78, 5) is 0. The summed E-state index contributed by atoms with van der Waals surface area (Å²) in [7, 11) is 1.76. The lowest BCUT2D eigenvalue weighted by Crippen LogP contribution is -2.34. The molecular formula is C20H25NO. The molecule has 1 aliphatic heterocycles. The SMILES string of the molecule is COc1ccccc1CC[C@H]1CCCN[C@H]1c1ccccc1. The van der Waals surface area contributed by atoms with E-state index in [9.17, 15) is 0 Å². The molecule has 3 rings (SSSR count). The van der Waals surface area contributed by atoms with E-state index in [-0.39, 0.29) is 0 Å². The van der Waals surface area contributed by atoms with Gasteiger partial charge in [0.1, 0.15) is 5.75 Å². The molecule has 116 valence electrons. The Kier molecular flexibility index (Phi) is 5.12. The zero-order valence-electron chi connectivity index (χ0n) is 13.3. The Morgan fingerprint density at radius 1 is 1.05 bits per heavy atom. The molecule has 0 aromatic heterocycles. The Bertz CT molecular complexity index is 581. The first-order chi connectivity index (χ1) is 10.9. The van der Waals surface area contributed by atoms with Crippen LogP contribution >= 0.6 is 0 Å². The van der Waals surface area contributed by atoms with E-state index in [1.165, 1.54) is 30.4 Å². The van der Waals surface area contributed by atoms with Gasteiger partial charge < -0.3 is 10.1 Å². The van der Waals surface area contributed by atoms with Crippen LogP contribution in [0.25, 0.3) is 0 Å². The van der Waals surface area contributed by atoms with E-state index in [0.717, 1.165) is 18.7 Å². The molecule has 0 radical (unpaired) electrons. The topological polar surface area (TPSA) is 21.3 Å². The maximum Gasteiger partial charge on any atom is 0.122 e. The van der Waals surface area contributed by atoms with Crippen LogP contribution in [0, 0.1) is 5.92 Å². The monoisotopic (exact) mass is 295 g/mol. The number of methoxy groups -OCH3 is 1. The number of benzene rings is 2. The van der Waals surface area contributed by atoms with Crippen LogP contribution in [0.3, 0.4) is 0 Å². The maximum atomic E-state index is 5.48. The minimum Gasteiger partial charge on any atom is -0.496 e. The standard InChI is InChI=1S/C20H25NO/c1-22-19-12-6-5-8-16(19)13-14-18-11-7-15-21-20(18)17-9-3-2-4-10-17/h2-6,8-10,12,18,20-21H,7,11,13-15H2,1H3/t18-,20+/m1/s1. The highest BCUT2D eigenvalue weighted by molar-refractivity contribution is 5.33. The summed E-state index contributed by atoms with van der Waals surface area (Å²) >= 11 is 0. The molecule has 0 unspecified atom stereocenters. The summed E-state index contributed by atoms with van der Waals surface area (Å²) in [5, 5.41) is 3.72. The number of para-hydroxylation sites is 1. The van der Waals surface area contributed by atoms with Crippen molar-refractivity contribution >= 4 is 0 Å². The molecule has 1 fully saturated rings. The van der Waals surface area contributed by atoms with Crippen LogP contribution in [0.2, 0.25) is 0 Å². The van der Waals surface area contributed by atoms with Crippen molar-refractivity contribution in [1.82, 2.24) is 5.32 Å². The zero-order chi connectivity index (χ0) is 15.2. The molecular weight excluding hydrogens is 270 g/mol. The van der Waals surface area contributed by atoms with E-state index < -0.39 is 0 Å². The highest BCUT2D eigenvalue weighted by atomic mass is 16.5. The predicted molar refractivity (Wildman–Crippen MR) is 91.2 cm³/mol. The van der Waals surface area contributed by atoms with Crippen LogP contribution < -0.4 is 10.1 Å². The summed E-state index contributed by atoms with van der Waals surface area (Å²) in [5.41, 5.74) is 2.75. The molecule has 0 spiro atoms. The van der Waals surface area contributed by atoms with Gasteiger partial charge in [0.25, 0.3) is 0 Å². The summed E-state index contributed by atoms with van der Waals surface area (Å²) in [6, 6.07) is 19.8. The third-order valence-electron chi connectivity index (χ3n) is 4.72. The lowest BCUT2D eigenvalue weighted by molar-refractivity contribution is 0.268. The molecule has 2 aromatic rings. The van der Waals surface area contributed by atoms with Gasteiger partial charge in [-0.3, -0.25) is 0 Å². The molecule has 0 aliphatic carbocycles. The van der Waals surface area contributed by atoms with Gasteiger partial charge in [0.05, 0.1) is 7.11 Å². The first-order valence-electron chi connectivity index (χ1n) is 8.28. The summed E-state index contributed by atoms with van der Waals surface area (Å²) in [6.45, 7) is 1.13. The van der Waals surface area contributed by atoms with Gasteiger partial charge in [-0.2, -0.15) is 0 Å². The van der Waals surface area contributed by atoms with Gasteiger partial charge in [-0.05, 0) is 55.3 Å². The molecule has 0 bridgehead atoms. The second-order valence-corrected chi connectivity index (χ2v) is 6.10. The fourth-order valence-electron chi connectivity index (χ4n) is 3.57. The summed E-state index contributed by atoms with van der Waals surface area (Å²) in [6.07, 6.45) is 4.87. The van der Waals surface area contributed by atoms with Gasteiger partial charge in [-0.15, -0.1) is 0 Å². The number of hydrogen-bond donors (Lipinski definition) is 1. The molecule has 22 heavy (non-hydrogen) atoms. The van der Waals surface area contributed by atoms with E-state index in [2.05, 4.69) is 53.8 Å². The fraction of sp³-hybridized carbons (Fsp3) is 0.400. The van der Waals surface area contributed by atoms with Crippen molar-refractivity contribution in [2.75, 3.05) is 13.7 Å². The number of nitrogens with one attached hydrogen (secondary N) is 1. The predicted octanol–water partition coefficient (Wildman–Crippen LogP) is 4.37. The Morgan fingerprint density at radius 3 is 2.64 bits per heavy atom. The third kappa shape index (κ3) is 3.50. The molecule has 1 saturated heterocycles. The van der Waals surface area contributed by atoms with Crippen LogP contribution in [0.4, 0.5) is 0 Å². The van der Waals surface area contributed by atoms with Crippen molar-refractivity contribution in [2.24, 2.45) is 5.92 Å². The van der Waals surface area contributed by atoms with Crippen molar-refractivity contribution in [3.8, 4) is 5.75 Å². The number of aryl methyl sites for hydroxylation is 1. The largest absolute Gasteiger partial charge is 0.496 e. The van der Waals surface area contributed by atoms with E-state index >= 15 is 0 Å². The van der Waals surface area contributed by atoms with Gasteiger partial charge in [-0.1, -0.05) is 48.5 Å². The van der Waals surface area contributed by atoms with Crippen LogP contribution in [0.15, 0.2) is 54.6 Å². The lowest BCUT2D eigenvalue weighted by atomic mass is 9.82. The van der Waals surface area contributed by atoms with Crippen LogP contribution in [-0.2, 0) is 6.42 Å². The number of rotatable bonds is 5. The van der Waals surface area contributed by atoms with Gasteiger partial charge >= 0.3 is 0 Å². The van der Waals surface area contributed by atoms with E-state index in [1.807, 2.05) is 6.07 Å². The molecule has 2 heteroatoms. The first kappa shape index (κ1) is 15.1. The Morgan fingerprint density at radius 2 is 1.82 bits per heavy atom. The summed E-state index contributed by atoms with van der Waals surface area (Å²) < 4.78 is 5.48. The van der Waals surface area contributed by atoms with Gasteiger partial charge in [0.15, 0.2) is 0 Å². The molecule has 0 saturated carbocycles. The average molecular weight is 295 g/mol. The zero-order valence-corrected chi connectivity index (χ0v) is 13.3. The second-order valence-electron chi connectivity index (χ2n) is 6.10. The smallest absolute Gasteiger partial charge is 0.122 e. The quantitative estimate of drug-likeness (QED) is 0.884.